The van der Waals surface area contributed by atoms with Crippen LogP contribution in [-0.4, -0.2) is 9.78 Å². The van der Waals surface area contributed by atoms with Gasteiger partial charge in [-0.25, -0.2) is 9.07 Å². The van der Waals surface area contributed by atoms with Crippen LogP contribution in [0.5, 0.6) is 0 Å². The normalized spacial score (nSPS) is 11.1. The molecule has 0 aliphatic carbocycles. The summed E-state index contributed by atoms with van der Waals surface area (Å²) in [4.78, 5) is 11.8. The second-order valence-electron chi connectivity index (χ2n) is 4.47. The molecule has 0 saturated carbocycles. The van der Waals surface area contributed by atoms with E-state index in [9.17, 15) is 9.18 Å². The first-order valence-corrected chi connectivity index (χ1v) is 5.57. The molecule has 2 aromatic rings. The summed E-state index contributed by atoms with van der Waals surface area (Å²) in [7, 11) is 0. The fraction of sp³-hybridized carbons (Fsp3) is 0.308. The average Bonchev–Trinajstić information content (AvgIpc) is 2.61. The number of aromatic amines is 1. The predicted molar refractivity (Wildman–Crippen MR) is 65.2 cm³/mol. The van der Waals surface area contributed by atoms with Crippen molar-refractivity contribution in [2.75, 3.05) is 0 Å². The van der Waals surface area contributed by atoms with E-state index in [2.05, 4.69) is 5.10 Å². The lowest BCUT2D eigenvalue weighted by molar-refractivity contribution is 0.625. The number of hydrogen-bond donors (Lipinski definition) is 1. The van der Waals surface area contributed by atoms with E-state index >= 15 is 0 Å². The lowest BCUT2D eigenvalue weighted by Crippen LogP contribution is -2.14. The van der Waals surface area contributed by atoms with Gasteiger partial charge in [-0.2, -0.15) is 0 Å². The van der Waals surface area contributed by atoms with Gasteiger partial charge in [0, 0.05) is 11.8 Å². The second kappa shape index (κ2) is 4.20. The molecule has 3 nitrogen and oxygen atoms in total. The van der Waals surface area contributed by atoms with Gasteiger partial charge in [0.2, 0.25) is 0 Å². The highest BCUT2D eigenvalue weighted by atomic mass is 19.1. The molecule has 0 aliphatic rings. The number of nitrogens with zero attached hydrogens (tertiary/aromatic N) is 1. The molecule has 0 fully saturated rings. The first-order valence-electron chi connectivity index (χ1n) is 5.57. The van der Waals surface area contributed by atoms with Gasteiger partial charge in [-0.05, 0) is 36.6 Å². The third-order valence-electron chi connectivity index (χ3n) is 2.76. The molecule has 0 atom stereocenters. The highest BCUT2D eigenvalue weighted by Crippen LogP contribution is 2.15. The highest BCUT2D eigenvalue weighted by Gasteiger charge is 2.09. The van der Waals surface area contributed by atoms with Crippen LogP contribution in [0.1, 0.15) is 31.0 Å². The van der Waals surface area contributed by atoms with Crippen LogP contribution in [0, 0.1) is 12.7 Å². The van der Waals surface area contributed by atoms with Crippen molar-refractivity contribution in [3.63, 3.8) is 0 Å². The Morgan fingerprint density at radius 2 is 2.00 bits per heavy atom. The fourth-order valence-corrected chi connectivity index (χ4v) is 1.76. The number of nitrogens with one attached hydrogen (secondary N) is 1. The van der Waals surface area contributed by atoms with E-state index in [1.807, 2.05) is 13.8 Å². The molecular weight excluding hydrogens is 219 g/mol. The number of aryl methyl sites for hydroxylation is 1. The Morgan fingerprint density at radius 3 is 2.53 bits per heavy atom. The Morgan fingerprint density at radius 1 is 1.29 bits per heavy atom. The minimum atomic E-state index is -0.296. The molecule has 90 valence electrons. The Bertz CT molecular complexity index is 596. The summed E-state index contributed by atoms with van der Waals surface area (Å²) in [6.07, 6.45) is 0. The molecule has 0 bridgehead atoms. The van der Waals surface area contributed by atoms with Gasteiger partial charge in [-0.15, -0.1) is 0 Å². The number of H-pyrrole nitrogens is 1. The number of halogens is 1. The number of rotatable bonds is 2. The summed E-state index contributed by atoms with van der Waals surface area (Å²) >= 11 is 0. The van der Waals surface area contributed by atoms with E-state index in [0.29, 0.717) is 5.69 Å². The van der Waals surface area contributed by atoms with Crippen molar-refractivity contribution in [1.29, 1.82) is 0 Å². The van der Waals surface area contributed by atoms with E-state index in [1.54, 1.807) is 19.1 Å². The maximum Gasteiger partial charge on any atom is 0.271 e. The molecule has 1 aromatic heterocycles. The summed E-state index contributed by atoms with van der Waals surface area (Å²) in [5, 5.41) is 3.04. The Labute approximate surface area is 98.9 Å². The van der Waals surface area contributed by atoms with Crippen molar-refractivity contribution < 1.29 is 4.39 Å². The molecule has 1 heterocycles. The van der Waals surface area contributed by atoms with Crippen molar-refractivity contribution in [1.82, 2.24) is 9.78 Å². The van der Waals surface area contributed by atoms with Gasteiger partial charge in [-0.1, -0.05) is 13.8 Å². The third-order valence-corrected chi connectivity index (χ3v) is 2.76. The summed E-state index contributed by atoms with van der Waals surface area (Å²) < 4.78 is 14.4. The first kappa shape index (κ1) is 11.6. The first-order chi connectivity index (χ1) is 7.99. The monoisotopic (exact) mass is 234 g/mol. The molecule has 17 heavy (non-hydrogen) atoms. The van der Waals surface area contributed by atoms with Gasteiger partial charge in [-0.3, -0.25) is 9.89 Å². The third kappa shape index (κ3) is 2.16. The Kier molecular flexibility index (Phi) is 2.88. The van der Waals surface area contributed by atoms with Crippen molar-refractivity contribution in [3.8, 4) is 5.69 Å². The van der Waals surface area contributed by atoms with Crippen LogP contribution in [0.2, 0.25) is 0 Å². The molecule has 2 rings (SSSR count). The lowest BCUT2D eigenvalue weighted by atomic mass is 10.1. The average molecular weight is 234 g/mol. The molecule has 0 amide bonds. The smallest absolute Gasteiger partial charge is 0.271 e. The summed E-state index contributed by atoms with van der Waals surface area (Å²) in [5.74, 6) is -0.0420. The Hall–Kier alpha value is -1.84. The van der Waals surface area contributed by atoms with Gasteiger partial charge in [0.05, 0.1) is 5.69 Å². The van der Waals surface area contributed by atoms with Gasteiger partial charge >= 0.3 is 0 Å². The van der Waals surface area contributed by atoms with Crippen LogP contribution in [0.4, 0.5) is 4.39 Å². The zero-order valence-corrected chi connectivity index (χ0v) is 10.1. The predicted octanol–water partition coefficient (Wildman–Crippen LogP) is 2.74. The zero-order chi connectivity index (χ0) is 12.6. The van der Waals surface area contributed by atoms with Crippen molar-refractivity contribution in [2.45, 2.75) is 26.7 Å². The van der Waals surface area contributed by atoms with E-state index in [4.69, 9.17) is 0 Å². The van der Waals surface area contributed by atoms with E-state index in [1.165, 1.54) is 16.8 Å². The van der Waals surface area contributed by atoms with Crippen molar-refractivity contribution >= 4 is 0 Å². The number of hydrogen-bond acceptors (Lipinski definition) is 1. The SMILES string of the molecule is Cc1cc(F)ccc1-n1[nH]c(C(C)C)cc1=O. The molecule has 0 aliphatic heterocycles. The van der Waals surface area contributed by atoms with Crippen LogP contribution in [0.15, 0.2) is 29.1 Å². The molecule has 1 N–H and O–H groups in total. The molecule has 0 saturated heterocycles. The van der Waals surface area contributed by atoms with Crippen molar-refractivity contribution in [2.24, 2.45) is 0 Å². The van der Waals surface area contributed by atoms with Gasteiger partial charge in [0.25, 0.3) is 5.56 Å². The molecule has 4 heteroatoms. The summed E-state index contributed by atoms with van der Waals surface area (Å²) in [6.45, 7) is 5.79. The summed E-state index contributed by atoms with van der Waals surface area (Å²) in [6, 6.07) is 5.95. The van der Waals surface area contributed by atoms with E-state index in [-0.39, 0.29) is 17.3 Å². The van der Waals surface area contributed by atoms with Gasteiger partial charge in [0.15, 0.2) is 0 Å². The Balaban J connectivity index is 2.57. The quantitative estimate of drug-likeness (QED) is 0.852. The number of aromatic nitrogens is 2. The largest absolute Gasteiger partial charge is 0.295 e. The minimum absolute atomic E-state index is 0.122. The van der Waals surface area contributed by atoms with Crippen LogP contribution in [0.3, 0.4) is 0 Å². The van der Waals surface area contributed by atoms with E-state index in [0.717, 1.165) is 11.3 Å². The van der Waals surface area contributed by atoms with Crippen LogP contribution >= 0.6 is 0 Å². The molecule has 0 radical (unpaired) electrons. The maximum absolute atomic E-state index is 13.0. The van der Waals surface area contributed by atoms with E-state index < -0.39 is 0 Å². The van der Waals surface area contributed by atoms with Gasteiger partial charge in [0.1, 0.15) is 5.82 Å². The topological polar surface area (TPSA) is 37.8 Å². The lowest BCUT2D eigenvalue weighted by Gasteiger charge is -2.07. The number of benzene rings is 1. The minimum Gasteiger partial charge on any atom is -0.295 e. The summed E-state index contributed by atoms with van der Waals surface area (Å²) in [5.41, 5.74) is 2.16. The molecule has 0 spiro atoms. The molecule has 1 aromatic carbocycles. The van der Waals surface area contributed by atoms with Crippen LogP contribution in [0.25, 0.3) is 5.69 Å². The molecular formula is C13H15FN2O. The second-order valence-corrected chi connectivity index (χ2v) is 4.47. The van der Waals surface area contributed by atoms with Gasteiger partial charge < -0.3 is 0 Å². The highest BCUT2D eigenvalue weighted by molar-refractivity contribution is 5.39. The van der Waals surface area contributed by atoms with Crippen LogP contribution < -0.4 is 5.56 Å². The fourth-order valence-electron chi connectivity index (χ4n) is 1.76. The zero-order valence-electron chi connectivity index (χ0n) is 10.1. The maximum atomic E-state index is 13.0. The standard InChI is InChI=1S/C13H15FN2O/c1-8(2)11-7-13(17)16(15-11)12-5-4-10(14)6-9(12)3/h4-8,15H,1-3H3. The van der Waals surface area contributed by atoms with Crippen LogP contribution in [-0.2, 0) is 0 Å². The molecule has 0 unspecified atom stereocenters. The van der Waals surface area contributed by atoms with Crippen molar-refractivity contribution in [3.05, 3.63) is 51.7 Å².